The molecule has 0 heterocycles. The Hall–Kier alpha value is -0.690. The zero-order valence-corrected chi connectivity index (χ0v) is 21.2. The van der Waals surface area contributed by atoms with Crippen LogP contribution in [0.3, 0.4) is 0 Å². The van der Waals surface area contributed by atoms with E-state index < -0.39 is 0 Å². The second-order valence-electron chi connectivity index (χ2n) is 9.47. The van der Waals surface area contributed by atoms with Crippen LogP contribution in [-0.2, 0) is 0 Å². The highest BCUT2D eigenvalue weighted by molar-refractivity contribution is 8.02. The summed E-state index contributed by atoms with van der Waals surface area (Å²) in [6, 6.07) is 0. The van der Waals surface area contributed by atoms with Gasteiger partial charge in [0.1, 0.15) is 0 Å². The third kappa shape index (κ3) is 12.6. The summed E-state index contributed by atoms with van der Waals surface area (Å²) >= 11 is 1.97. The number of hydrogen-bond acceptors (Lipinski definition) is 1. The number of allylic oxidation sites excluding steroid dienone is 7. The van der Waals surface area contributed by atoms with E-state index in [9.17, 15) is 0 Å². The number of hydrogen-bond donors (Lipinski definition) is 0. The first-order chi connectivity index (χ1) is 14.0. The van der Waals surface area contributed by atoms with Crippen LogP contribution in [0.5, 0.6) is 0 Å². The van der Waals surface area contributed by atoms with Gasteiger partial charge < -0.3 is 0 Å². The molecule has 0 aromatic heterocycles. The lowest BCUT2D eigenvalue weighted by atomic mass is 9.80. The van der Waals surface area contributed by atoms with E-state index in [-0.39, 0.29) is 0 Å². The van der Waals surface area contributed by atoms with Crippen molar-refractivity contribution in [1.29, 1.82) is 0 Å². The molecule has 1 unspecified atom stereocenters. The Balaban J connectivity index is 2.48. The van der Waals surface area contributed by atoms with E-state index in [0.717, 1.165) is 18.3 Å². The van der Waals surface area contributed by atoms with Crippen LogP contribution in [0.15, 0.2) is 45.9 Å². The molecule has 0 saturated carbocycles. The molecule has 0 amide bonds. The van der Waals surface area contributed by atoms with Crippen molar-refractivity contribution in [1.82, 2.24) is 0 Å². The van der Waals surface area contributed by atoms with Gasteiger partial charge in [0, 0.05) is 0 Å². The fourth-order valence-corrected chi connectivity index (χ4v) is 5.29. The molecular weight excluding hydrogens is 368 g/mol. The summed E-state index contributed by atoms with van der Waals surface area (Å²) < 4.78 is 0. The van der Waals surface area contributed by atoms with Crippen LogP contribution in [0, 0.1) is 11.8 Å². The van der Waals surface area contributed by atoms with Gasteiger partial charge in [-0.2, -0.15) is 0 Å². The fraction of sp³-hybridized carbons (Fsp3) is 0.714. The summed E-state index contributed by atoms with van der Waals surface area (Å²) in [6.07, 6.45) is 21.6. The lowest BCUT2D eigenvalue weighted by Gasteiger charge is -2.26. The maximum absolute atomic E-state index is 2.59. The quantitative estimate of drug-likeness (QED) is 0.200. The highest BCUT2D eigenvalue weighted by Gasteiger charge is 2.19. The smallest absolute Gasteiger partial charge is 0.00260 e. The van der Waals surface area contributed by atoms with Crippen LogP contribution in [0.2, 0.25) is 0 Å². The van der Waals surface area contributed by atoms with E-state index in [4.69, 9.17) is 0 Å². The van der Waals surface area contributed by atoms with Gasteiger partial charge in [-0.1, -0.05) is 69.1 Å². The zero-order valence-electron chi connectivity index (χ0n) is 20.4. The molecule has 1 aliphatic carbocycles. The topological polar surface area (TPSA) is 0 Å². The van der Waals surface area contributed by atoms with Gasteiger partial charge in [-0.3, -0.25) is 0 Å². The second kappa shape index (κ2) is 16.1. The Morgan fingerprint density at radius 2 is 2.00 bits per heavy atom. The maximum Gasteiger partial charge on any atom is -0.00260 e. The summed E-state index contributed by atoms with van der Waals surface area (Å²) in [6.45, 7) is 13.9. The first-order valence-electron chi connectivity index (χ1n) is 12.3. The predicted molar refractivity (Wildman–Crippen MR) is 137 cm³/mol. The van der Waals surface area contributed by atoms with Crippen molar-refractivity contribution < 1.29 is 0 Å². The third-order valence-corrected chi connectivity index (χ3v) is 6.72. The fourth-order valence-electron chi connectivity index (χ4n) is 4.46. The molecular formula is C28H48S. The Morgan fingerprint density at radius 3 is 2.66 bits per heavy atom. The average molecular weight is 417 g/mol. The van der Waals surface area contributed by atoms with Crippen molar-refractivity contribution in [3.05, 3.63) is 45.9 Å². The normalized spacial score (nSPS) is 19.1. The van der Waals surface area contributed by atoms with Gasteiger partial charge in [0.15, 0.2) is 0 Å². The van der Waals surface area contributed by atoms with E-state index in [1.807, 2.05) is 11.8 Å². The van der Waals surface area contributed by atoms with Gasteiger partial charge in [-0.25, -0.2) is 0 Å². The van der Waals surface area contributed by atoms with Crippen LogP contribution >= 0.6 is 11.8 Å². The first kappa shape index (κ1) is 26.3. The van der Waals surface area contributed by atoms with Gasteiger partial charge >= 0.3 is 0 Å². The Labute approximate surface area is 187 Å². The summed E-state index contributed by atoms with van der Waals surface area (Å²) in [5.41, 5.74) is 6.58. The number of unbranched alkanes of at least 4 members (excludes halogenated alkanes) is 2. The predicted octanol–water partition coefficient (Wildman–Crippen LogP) is 10.0. The Morgan fingerprint density at radius 1 is 1.21 bits per heavy atom. The van der Waals surface area contributed by atoms with Crippen molar-refractivity contribution >= 4 is 11.8 Å². The molecule has 0 aliphatic heterocycles. The largest absolute Gasteiger partial charge is 0.134 e. The van der Waals surface area contributed by atoms with Gasteiger partial charge in [0.25, 0.3) is 0 Å². The van der Waals surface area contributed by atoms with Gasteiger partial charge in [-0.05, 0) is 107 Å². The highest BCUT2D eigenvalue weighted by atomic mass is 32.2. The minimum atomic E-state index is 0.761. The summed E-state index contributed by atoms with van der Waals surface area (Å²) in [7, 11) is 0. The standard InChI is InChI=1S/C28H48S/c1-7-9-17-29-18-12-10-11-14-26(13-8-2)22-27-15-16-28(25(6)21-27)20-24(5)19-23(3)4/h9,14,17,20,23,27H,7-8,10-13,15-16,18-19,21-22H2,1-6H3. The molecule has 1 heteroatoms. The monoisotopic (exact) mass is 416 g/mol. The minimum absolute atomic E-state index is 0.761. The highest BCUT2D eigenvalue weighted by Crippen LogP contribution is 2.35. The molecule has 0 bridgehead atoms. The van der Waals surface area contributed by atoms with Crippen molar-refractivity contribution in [2.24, 2.45) is 11.8 Å². The SMILES string of the molecule is CCC=CSCCCCC=C(CCC)CC1CCC(C=C(C)CC(C)C)=C(C)C1. The minimum Gasteiger partial charge on any atom is -0.134 e. The number of thioether (sulfide) groups is 1. The molecule has 0 fully saturated rings. The Bertz CT molecular complexity index is 559. The molecule has 0 saturated heterocycles. The first-order valence-corrected chi connectivity index (χ1v) is 13.3. The summed E-state index contributed by atoms with van der Waals surface area (Å²) in [5.74, 6) is 2.90. The van der Waals surface area contributed by atoms with Crippen molar-refractivity contribution in [3.63, 3.8) is 0 Å². The number of rotatable bonds is 14. The van der Waals surface area contributed by atoms with E-state index in [1.165, 1.54) is 70.0 Å². The molecule has 29 heavy (non-hydrogen) atoms. The van der Waals surface area contributed by atoms with E-state index >= 15 is 0 Å². The van der Waals surface area contributed by atoms with Gasteiger partial charge in [-0.15, -0.1) is 11.8 Å². The molecule has 1 aliphatic rings. The maximum atomic E-state index is 2.59. The zero-order chi connectivity index (χ0) is 21.5. The molecule has 0 spiro atoms. The van der Waals surface area contributed by atoms with Crippen LogP contribution in [-0.4, -0.2) is 5.75 Å². The van der Waals surface area contributed by atoms with Gasteiger partial charge in [0.2, 0.25) is 0 Å². The van der Waals surface area contributed by atoms with Crippen molar-refractivity contribution in [2.45, 2.75) is 112 Å². The van der Waals surface area contributed by atoms with E-state index in [0.29, 0.717) is 0 Å². The van der Waals surface area contributed by atoms with Crippen LogP contribution < -0.4 is 0 Å². The molecule has 0 radical (unpaired) electrons. The molecule has 0 nitrogen and oxygen atoms in total. The molecule has 0 aromatic carbocycles. The van der Waals surface area contributed by atoms with Crippen molar-refractivity contribution in [2.75, 3.05) is 5.75 Å². The average Bonchev–Trinajstić information content (AvgIpc) is 2.65. The molecule has 1 rings (SSSR count). The molecule has 0 N–H and O–H groups in total. The molecule has 1 atom stereocenters. The van der Waals surface area contributed by atoms with E-state index in [2.05, 4.69) is 65.2 Å². The van der Waals surface area contributed by atoms with E-state index in [1.54, 1.807) is 22.3 Å². The lowest BCUT2D eigenvalue weighted by Crippen LogP contribution is -2.10. The van der Waals surface area contributed by atoms with Crippen LogP contribution in [0.25, 0.3) is 0 Å². The molecule has 0 aromatic rings. The molecule has 166 valence electrons. The lowest BCUT2D eigenvalue weighted by molar-refractivity contribution is 0.447. The van der Waals surface area contributed by atoms with Gasteiger partial charge in [0.05, 0.1) is 0 Å². The summed E-state index contributed by atoms with van der Waals surface area (Å²) in [4.78, 5) is 0. The summed E-state index contributed by atoms with van der Waals surface area (Å²) in [5, 5.41) is 2.27. The second-order valence-corrected chi connectivity index (χ2v) is 10.5. The third-order valence-electron chi connectivity index (χ3n) is 5.82. The van der Waals surface area contributed by atoms with Crippen LogP contribution in [0.1, 0.15) is 112 Å². The Kier molecular flexibility index (Phi) is 14.6. The van der Waals surface area contributed by atoms with Crippen LogP contribution in [0.4, 0.5) is 0 Å². The van der Waals surface area contributed by atoms with Crippen molar-refractivity contribution in [3.8, 4) is 0 Å².